The second-order valence-corrected chi connectivity index (χ2v) is 5.95. The first-order valence-electron chi connectivity index (χ1n) is 6.55. The molecule has 0 aromatic carbocycles. The number of hydrogen-bond acceptors (Lipinski definition) is 4. The molecule has 1 fully saturated rings. The van der Waals surface area contributed by atoms with E-state index in [0.29, 0.717) is 6.42 Å². The molecule has 0 saturated heterocycles. The van der Waals surface area contributed by atoms with Crippen LogP contribution in [0.5, 0.6) is 0 Å². The summed E-state index contributed by atoms with van der Waals surface area (Å²) in [4.78, 5) is 14.9. The Morgan fingerprint density at radius 3 is 3.11 bits per heavy atom. The number of rotatable bonds is 6. The fourth-order valence-corrected chi connectivity index (χ4v) is 3.24. The predicted octanol–water partition coefficient (Wildman–Crippen LogP) is 3.01. The molecule has 2 rings (SSSR count). The summed E-state index contributed by atoms with van der Waals surface area (Å²) in [5.41, 5.74) is 0.879. The topological polar surface area (TPSA) is 62.2 Å². The maximum absolute atomic E-state index is 10.5. The lowest BCUT2D eigenvalue weighted by molar-refractivity contribution is -0.136. The Bertz CT molecular complexity index is 405. The van der Waals surface area contributed by atoms with Gasteiger partial charge in [-0.25, -0.2) is 4.98 Å². The molecule has 4 nitrogen and oxygen atoms in total. The maximum atomic E-state index is 10.5. The molecule has 0 radical (unpaired) electrons. The summed E-state index contributed by atoms with van der Waals surface area (Å²) >= 11 is 1.57. The van der Waals surface area contributed by atoms with E-state index in [4.69, 9.17) is 5.11 Å². The van der Waals surface area contributed by atoms with Gasteiger partial charge < -0.3 is 10.4 Å². The van der Waals surface area contributed by atoms with Crippen LogP contribution in [-0.2, 0) is 11.2 Å². The zero-order valence-electron chi connectivity index (χ0n) is 10.7. The highest BCUT2D eigenvalue weighted by molar-refractivity contribution is 7.13. The number of aryl methyl sites for hydroxylation is 1. The van der Waals surface area contributed by atoms with Crippen LogP contribution >= 0.6 is 11.3 Å². The monoisotopic (exact) mass is 268 g/mol. The van der Waals surface area contributed by atoms with Crippen LogP contribution in [0.2, 0.25) is 0 Å². The lowest BCUT2D eigenvalue weighted by Crippen LogP contribution is -2.16. The molecule has 1 aromatic rings. The van der Waals surface area contributed by atoms with Crippen molar-refractivity contribution in [1.29, 1.82) is 0 Å². The first-order chi connectivity index (χ1) is 8.65. The molecule has 2 atom stereocenters. The van der Waals surface area contributed by atoms with Crippen LogP contribution in [0.1, 0.15) is 38.3 Å². The fourth-order valence-electron chi connectivity index (χ4n) is 2.48. The minimum Gasteiger partial charge on any atom is -0.481 e. The summed E-state index contributed by atoms with van der Waals surface area (Å²) in [7, 11) is 0. The quantitative estimate of drug-likeness (QED) is 0.832. The van der Waals surface area contributed by atoms with Gasteiger partial charge in [0.15, 0.2) is 5.13 Å². The first kappa shape index (κ1) is 13.3. The van der Waals surface area contributed by atoms with Crippen LogP contribution in [-0.4, -0.2) is 22.6 Å². The Hall–Kier alpha value is -1.10. The van der Waals surface area contributed by atoms with E-state index >= 15 is 0 Å². The summed E-state index contributed by atoms with van der Waals surface area (Å²) in [6, 6.07) is 0. The summed E-state index contributed by atoms with van der Waals surface area (Å²) < 4.78 is 0. The molecule has 1 heterocycles. The van der Waals surface area contributed by atoms with Gasteiger partial charge in [-0.05, 0) is 18.3 Å². The molecule has 18 heavy (non-hydrogen) atoms. The van der Waals surface area contributed by atoms with Gasteiger partial charge in [0, 0.05) is 18.3 Å². The number of nitrogens with zero attached hydrogens (tertiary/aromatic N) is 1. The van der Waals surface area contributed by atoms with Crippen molar-refractivity contribution in [2.24, 2.45) is 11.8 Å². The normalized spacial score (nSPS) is 23.2. The van der Waals surface area contributed by atoms with Crippen LogP contribution in [0, 0.1) is 11.8 Å². The molecule has 2 unspecified atom stereocenters. The second kappa shape index (κ2) is 6.18. The van der Waals surface area contributed by atoms with Crippen LogP contribution in [0.15, 0.2) is 5.38 Å². The SMILES string of the molecule is CC1CCCC1CNc1nc(CCC(=O)O)cs1. The van der Waals surface area contributed by atoms with E-state index in [1.807, 2.05) is 5.38 Å². The van der Waals surface area contributed by atoms with Gasteiger partial charge in [-0.1, -0.05) is 19.8 Å². The Labute approximate surface area is 111 Å². The van der Waals surface area contributed by atoms with Gasteiger partial charge in [-0.15, -0.1) is 11.3 Å². The van der Waals surface area contributed by atoms with E-state index in [2.05, 4.69) is 17.2 Å². The molecule has 100 valence electrons. The molecule has 1 aliphatic carbocycles. The molecule has 0 aliphatic heterocycles. The highest BCUT2D eigenvalue weighted by Gasteiger charge is 2.23. The molecule has 5 heteroatoms. The van der Waals surface area contributed by atoms with E-state index in [9.17, 15) is 4.79 Å². The van der Waals surface area contributed by atoms with Crippen molar-refractivity contribution in [3.8, 4) is 0 Å². The van der Waals surface area contributed by atoms with Crippen LogP contribution in [0.3, 0.4) is 0 Å². The number of hydrogen-bond donors (Lipinski definition) is 2. The lowest BCUT2D eigenvalue weighted by Gasteiger charge is -2.15. The number of carbonyl (C=O) groups is 1. The van der Waals surface area contributed by atoms with E-state index < -0.39 is 5.97 Å². The molecule has 0 amide bonds. The van der Waals surface area contributed by atoms with Gasteiger partial charge in [0.2, 0.25) is 0 Å². The third-order valence-corrected chi connectivity index (χ3v) is 4.55. The number of carboxylic acids is 1. The predicted molar refractivity (Wildman–Crippen MR) is 73.1 cm³/mol. The summed E-state index contributed by atoms with van der Waals surface area (Å²) in [5.74, 6) is 0.803. The van der Waals surface area contributed by atoms with Crippen molar-refractivity contribution >= 4 is 22.4 Å². The molecule has 1 aliphatic rings. The van der Waals surface area contributed by atoms with E-state index in [-0.39, 0.29) is 6.42 Å². The number of thiazole rings is 1. The van der Waals surface area contributed by atoms with E-state index in [1.165, 1.54) is 19.3 Å². The van der Waals surface area contributed by atoms with Crippen molar-refractivity contribution in [3.05, 3.63) is 11.1 Å². The smallest absolute Gasteiger partial charge is 0.303 e. The Morgan fingerprint density at radius 1 is 1.61 bits per heavy atom. The molecule has 2 N–H and O–H groups in total. The average molecular weight is 268 g/mol. The second-order valence-electron chi connectivity index (χ2n) is 5.09. The minimum atomic E-state index is -0.766. The van der Waals surface area contributed by atoms with Crippen molar-refractivity contribution in [2.75, 3.05) is 11.9 Å². The zero-order valence-corrected chi connectivity index (χ0v) is 11.5. The fraction of sp³-hybridized carbons (Fsp3) is 0.692. The standard InChI is InChI=1S/C13H20N2O2S/c1-9-3-2-4-10(9)7-14-13-15-11(8-18-13)5-6-12(16)17/h8-10H,2-7H2,1H3,(H,14,15)(H,16,17). The van der Waals surface area contributed by atoms with Crippen molar-refractivity contribution in [3.63, 3.8) is 0 Å². The number of aromatic nitrogens is 1. The van der Waals surface area contributed by atoms with Crippen molar-refractivity contribution in [2.45, 2.75) is 39.0 Å². The van der Waals surface area contributed by atoms with Crippen molar-refractivity contribution in [1.82, 2.24) is 4.98 Å². The van der Waals surface area contributed by atoms with Crippen molar-refractivity contribution < 1.29 is 9.90 Å². The Kier molecular flexibility index (Phi) is 4.58. The minimum absolute atomic E-state index is 0.156. The number of carboxylic acid groups (broad SMARTS) is 1. The Morgan fingerprint density at radius 2 is 2.44 bits per heavy atom. The summed E-state index contributed by atoms with van der Waals surface area (Å²) in [5, 5.41) is 14.9. The van der Waals surface area contributed by atoms with E-state index in [0.717, 1.165) is 29.2 Å². The highest BCUT2D eigenvalue weighted by Crippen LogP contribution is 2.31. The number of nitrogens with one attached hydrogen (secondary N) is 1. The lowest BCUT2D eigenvalue weighted by atomic mass is 9.98. The van der Waals surface area contributed by atoms with Gasteiger partial charge in [0.1, 0.15) is 0 Å². The first-order valence-corrected chi connectivity index (χ1v) is 7.43. The van der Waals surface area contributed by atoms with E-state index in [1.54, 1.807) is 11.3 Å². The Balaban J connectivity index is 1.77. The third-order valence-electron chi connectivity index (χ3n) is 3.70. The van der Waals surface area contributed by atoms with Crippen LogP contribution in [0.25, 0.3) is 0 Å². The van der Waals surface area contributed by atoms with Gasteiger partial charge in [-0.3, -0.25) is 4.79 Å². The molecule has 1 aromatic heterocycles. The van der Waals surface area contributed by atoms with Gasteiger partial charge >= 0.3 is 5.97 Å². The number of anilines is 1. The molecule has 1 saturated carbocycles. The van der Waals surface area contributed by atoms with Gasteiger partial charge in [0.05, 0.1) is 12.1 Å². The summed E-state index contributed by atoms with van der Waals surface area (Å²) in [6.07, 6.45) is 4.67. The highest BCUT2D eigenvalue weighted by atomic mass is 32.1. The molecule has 0 spiro atoms. The maximum Gasteiger partial charge on any atom is 0.303 e. The van der Waals surface area contributed by atoms with Crippen LogP contribution < -0.4 is 5.32 Å². The van der Waals surface area contributed by atoms with Crippen LogP contribution in [0.4, 0.5) is 5.13 Å². The number of aliphatic carboxylic acids is 1. The molecular formula is C13H20N2O2S. The zero-order chi connectivity index (χ0) is 13.0. The van der Waals surface area contributed by atoms with Gasteiger partial charge in [0.25, 0.3) is 0 Å². The largest absolute Gasteiger partial charge is 0.481 e. The summed E-state index contributed by atoms with van der Waals surface area (Å²) in [6.45, 7) is 3.31. The van der Waals surface area contributed by atoms with Gasteiger partial charge in [-0.2, -0.15) is 0 Å². The molecular weight excluding hydrogens is 248 g/mol. The molecule has 0 bridgehead atoms. The third kappa shape index (κ3) is 3.70. The average Bonchev–Trinajstić information content (AvgIpc) is 2.93.